The van der Waals surface area contributed by atoms with Crippen LogP contribution in [0.1, 0.15) is 26.7 Å². The molecule has 2 fully saturated rings. The predicted molar refractivity (Wildman–Crippen MR) is 68.7 cm³/mol. The van der Waals surface area contributed by atoms with E-state index in [0.717, 1.165) is 44.8 Å². The summed E-state index contributed by atoms with van der Waals surface area (Å²) in [5, 5.41) is 3.32. The number of rotatable bonds is 2. The molecule has 1 atom stereocenters. The van der Waals surface area contributed by atoms with E-state index in [4.69, 9.17) is 0 Å². The zero-order chi connectivity index (χ0) is 11.6. The second-order valence-electron chi connectivity index (χ2n) is 5.49. The summed E-state index contributed by atoms with van der Waals surface area (Å²) in [6.45, 7) is 8.42. The van der Waals surface area contributed by atoms with Crippen LogP contribution < -0.4 is 5.32 Å². The van der Waals surface area contributed by atoms with Gasteiger partial charge in [0, 0.05) is 30.0 Å². The van der Waals surface area contributed by atoms with Gasteiger partial charge < -0.3 is 10.2 Å². The summed E-state index contributed by atoms with van der Waals surface area (Å²) in [5.74, 6) is 2.02. The molecular formula is C12H22N2OS. The van der Waals surface area contributed by atoms with Crippen LogP contribution in [0.15, 0.2) is 0 Å². The maximum Gasteiger partial charge on any atom is 0.222 e. The molecule has 2 rings (SSSR count). The third-order valence-electron chi connectivity index (χ3n) is 3.40. The average Bonchev–Trinajstić information content (AvgIpc) is 2.69. The minimum atomic E-state index is 0.238. The van der Waals surface area contributed by atoms with Gasteiger partial charge in [0.05, 0.1) is 0 Å². The fourth-order valence-corrected chi connectivity index (χ4v) is 3.61. The summed E-state index contributed by atoms with van der Waals surface area (Å²) in [6, 6.07) is 0. The number of nitrogens with one attached hydrogen (secondary N) is 1. The molecule has 0 radical (unpaired) electrons. The highest BCUT2D eigenvalue weighted by Crippen LogP contribution is 2.30. The first-order valence-electron chi connectivity index (χ1n) is 6.19. The van der Waals surface area contributed by atoms with E-state index in [1.807, 2.05) is 11.8 Å². The molecule has 4 heteroatoms. The van der Waals surface area contributed by atoms with Gasteiger partial charge in [-0.3, -0.25) is 4.79 Å². The maximum absolute atomic E-state index is 12.1. The van der Waals surface area contributed by atoms with Crippen molar-refractivity contribution >= 4 is 17.7 Å². The summed E-state index contributed by atoms with van der Waals surface area (Å²) in [7, 11) is 0. The molecule has 0 aromatic carbocycles. The van der Waals surface area contributed by atoms with Crippen LogP contribution in [0.2, 0.25) is 0 Å². The summed E-state index contributed by atoms with van der Waals surface area (Å²) in [4.78, 5) is 14.2. The van der Waals surface area contributed by atoms with E-state index in [2.05, 4.69) is 24.1 Å². The highest BCUT2D eigenvalue weighted by atomic mass is 32.2. The lowest BCUT2D eigenvalue weighted by Crippen LogP contribution is -2.46. The second kappa shape index (κ2) is 4.96. The van der Waals surface area contributed by atoms with Gasteiger partial charge in [-0.05, 0) is 39.3 Å². The number of amides is 1. The minimum Gasteiger partial charge on any atom is -0.340 e. The van der Waals surface area contributed by atoms with Crippen molar-refractivity contribution in [3.63, 3.8) is 0 Å². The summed E-state index contributed by atoms with van der Waals surface area (Å²) in [6.07, 6.45) is 1.91. The zero-order valence-electron chi connectivity index (χ0n) is 10.3. The molecule has 0 aromatic rings. The molecule has 2 aliphatic rings. The van der Waals surface area contributed by atoms with Crippen LogP contribution in [0, 0.1) is 5.92 Å². The molecule has 92 valence electrons. The van der Waals surface area contributed by atoms with Crippen molar-refractivity contribution in [2.75, 3.05) is 31.9 Å². The fourth-order valence-electron chi connectivity index (χ4n) is 2.49. The van der Waals surface area contributed by atoms with Crippen LogP contribution in [0.5, 0.6) is 0 Å². The van der Waals surface area contributed by atoms with E-state index in [1.165, 1.54) is 0 Å². The van der Waals surface area contributed by atoms with Crippen molar-refractivity contribution in [1.29, 1.82) is 0 Å². The van der Waals surface area contributed by atoms with Gasteiger partial charge in [-0.2, -0.15) is 11.8 Å². The number of hydrogen-bond acceptors (Lipinski definition) is 3. The van der Waals surface area contributed by atoms with Crippen molar-refractivity contribution in [3.8, 4) is 0 Å². The van der Waals surface area contributed by atoms with Gasteiger partial charge in [0.15, 0.2) is 0 Å². The summed E-state index contributed by atoms with van der Waals surface area (Å²) < 4.78 is 0.238. The highest BCUT2D eigenvalue weighted by molar-refractivity contribution is 8.00. The first-order chi connectivity index (χ1) is 7.57. The molecule has 3 nitrogen and oxygen atoms in total. The number of hydrogen-bond donors (Lipinski definition) is 1. The lowest BCUT2D eigenvalue weighted by atomic mass is 10.0. The summed E-state index contributed by atoms with van der Waals surface area (Å²) >= 11 is 1.98. The van der Waals surface area contributed by atoms with Gasteiger partial charge in [0.2, 0.25) is 5.91 Å². The smallest absolute Gasteiger partial charge is 0.222 e. The average molecular weight is 242 g/mol. The second-order valence-corrected chi connectivity index (χ2v) is 7.29. The highest BCUT2D eigenvalue weighted by Gasteiger charge is 2.30. The minimum absolute atomic E-state index is 0.238. The topological polar surface area (TPSA) is 32.3 Å². The normalized spacial score (nSPS) is 29.4. The zero-order valence-corrected chi connectivity index (χ0v) is 11.1. The van der Waals surface area contributed by atoms with Gasteiger partial charge in [-0.1, -0.05) is 0 Å². The van der Waals surface area contributed by atoms with Crippen LogP contribution in [0.3, 0.4) is 0 Å². The van der Waals surface area contributed by atoms with Crippen LogP contribution in [0.25, 0.3) is 0 Å². The van der Waals surface area contributed by atoms with Crippen molar-refractivity contribution in [3.05, 3.63) is 0 Å². The number of carbonyl (C=O) groups excluding carboxylic acids is 1. The molecular weight excluding hydrogens is 220 g/mol. The Bertz CT molecular complexity index is 262. The first-order valence-corrected chi connectivity index (χ1v) is 7.18. The molecule has 1 N–H and O–H groups in total. The Kier molecular flexibility index (Phi) is 3.80. The number of carbonyl (C=O) groups is 1. The first kappa shape index (κ1) is 12.2. The van der Waals surface area contributed by atoms with Crippen LogP contribution in [0.4, 0.5) is 0 Å². The molecule has 16 heavy (non-hydrogen) atoms. The third kappa shape index (κ3) is 3.14. The molecule has 0 spiro atoms. The Labute approximate surface area is 102 Å². The Balaban J connectivity index is 1.84. The van der Waals surface area contributed by atoms with Gasteiger partial charge in [-0.25, -0.2) is 0 Å². The predicted octanol–water partition coefficient (Wildman–Crippen LogP) is 1.34. The van der Waals surface area contributed by atoms with E-state index in [0.29, 0.717) is 11.8 Å². The van der Waals surface area contributed by atoms with Gasteiger partial charge in [-0.15, -0.1) is 0 Å². The van der Waals surface area contributed by atoms with Crippen LogP contribution in [-0.2, 0) is 4.79 Å². The Hall–Kier alpha value is -0.220. The molecule has 2 saturated heterocycles. The molecule has 1 amide bonds. The van der Waals surface area contributed by atoms with Crippen LogP contribution >= 0.6 is 11.8 Å². The Morgan fingerprint density at radius 3 is 3.00 bits per heavy atom. The summed E-state index contributed by atoms with van der Waals surface area (Å²) in [5.41, 5.74) is 0. The van der Waals surface area contributed by atoms with Gasteiger partial charge in [0.25, 0.3) is 0 Å². The molecule has 2 aliphatic heterocycles. The largest absolute Gasteiger partial charge is 0.340 e. The van der Waals surface area contributed by atoms with Crippen molar-refractivity contribution in [1.82, 2.24) is 10.2 Å². The van der Waals surface area contributed by atoms with Crippen LogP contribution in [-0.4, -0.2) is 47.5 Å². The Morgan fingerprint density at radius 2 is 2.38 bits per heavy atom. The molecule has 1 unspecified atom stereocenters. The lowest BCUT2D eigenvalue weighted by molar-refractivity contribution is -0.132. The quantitative estimate of drug-likeness (QED) is 0.793. The van der Waals surface area contributed by atoms with E-state index in [9.17, 15) is 4.79 Å². The van der Waals surface area contributed by atoms with Crippen molar-refractivity contribution in [2.24, 2.45) is 5.92 Å². The number of thioether (sulfide) groups is 1. The van der Waals surface area contributed by atoms with E-state index >= 15 is 0 Å². The third-order valence-corrected chi connectivity index (χ3v) is 4.70. The van der Waals surface area contributed by atoms with Gasteiger partial charge >= 0.3 is 0 Å². The molecule has 2 heterocycles. The van der Waals surface area contributed by atoms with Crippen molar-refractivity contribution in [2.45, 2.75) is 31.4 Å². The Morgan fingerprint density at radius 1 is 1.56 bits per heavy atom. The number of nitrogens with zero attached hydrogens (tertiary/aromatic N) is 1. The standard InChI is InChI=1S/C12H22N2OS/c1-12(2)9-14(5-6-16-12)11(15)7-10-3-4-13-8-10/h10,13H,3-9H2,1-2H3. The lowest BCUT2D eigenvalue weighted by Gasteiger charge is -2.38. The van der Waals surface area contributed by atoms with Crippen molar-refractivity contribution < 1.29 is 4.79 Å². The molecule has 0 saturated carbocycles. The maximum atomic E-state index is 12.1. The molecule has 0 bridgehead atoms. The van der Waals surface area contributed by atoms with Gasteiger partial charge in [0.1, 0.15) is 0 Å². The monoisotopic (exact) mass is 242 g/mol. The van der Waals surface area contributed by atoms with E-state index in [-0.39, 0.29) is 4.75 Å². The SMILES string of the molecule is CC1(C)CN(C(=O)CC2CCNC2)CCS1. The fraction of sp³-hybridized carbons (Fsp3) is 0.917. The molecule has 0 aliphatic carbocycles. The van der Waals surface area contributed by atoms with E-state index < -0.39 is 0 Å². The molecule has 0 aromatic heterocycles. The van der Waals surface area contributed by atoms with E-state index in [1.54, 1.807) is 0 Å².